The second-order valence-corrected chi connectivity index (χ2v) is 2.72. The summed E-state index contributed by atoms with van der Waals surface area (Å²) < 4.78 is 36.8. The molecule has 1 nitrogen and oxygen atoms in total. The average molecular weight is 189 g/mol. The predicted octanol–water partition coefficient (Wildman–Crippen LogP) is 2.68. The van der Waals surface area contributed by atoms with E-state index in [1.54, 1.807) is 0 Å². The quantitative estimate of drug-likeness (QED) is 0.727. The third kappa shape index (κ3) is 1.94. The average Bonchev–Trinajstić information content (AvgIpc) is 2.17. The smallest absolute Gasteiger partial charge is 0.117 e. The van der Waals surface area contributed by atoms with Gasteiger partial charge in [0.05, 0.1) is 0 Å². The molecular weight excluding hydrogens is 179 g/mol. The maximum Gasteiger partial charge on any atom is 0.117 e. The zero-order valence-corrected chi connectivity index (χ0v) is 6.99. The normalized spacial score (nSPS) is 10.4. The summed E-state index contributed by atoms with van der Waals surface area (Å²) in [6.45, 7) is -2.34. The van der Waals surface area contributed by atoms with Gasteiger partial charge in [0.25, 0.3) is 0 Å². The van der Waals surface area contributed by atoms with Crippen LogP contribution < -0.4 is 5.73 Å². The van der Waals surface area contributed by atoms with Crippen molar-refractivity contribution >= 4 is 5.69 Å². The third-order valence-electron chi connectivity index (χ3n) is 1.89. The first kappa shape index (κ1) is 9.89. The van der Waals surface area contributed by atoms with Gasteiger partial charge in [0.15, 0.2) is 0 Å². The first-order valence-electron chi connectivity index (χ1n) is 3.81. The monoisotopic (exact) mass is 189 g/mol. The van der Waals surface area contributed by atoms with Gasteiger partial charge in [-0.05, 0) is 23.3 Å². The molecule has 72 valence electrons. The number of benzene rings is 1. The second kappa shape index (κ2) is 4.16. The zero-order valence-electron chi connectivity index (χ0n) is 6.99. The summed E-state index contributed by atoms with van der Waals surface area (Å²) >= 11 is 0. The van der Waals surface area contributed by atoms with E-state index in [1.807, 2.05) is 0 Å². The summed E-state index contributed by atoms with van der Waals surface area (Å²) in [5.74, 6) is 0. The maximum atomic E-state index is 12.3. The van der Waals surface area contributed by atoms with E-state index in [4.69, 9.17) is 5.73 Å². The lowest BCUT2D eigenvalue weighted by molar-refractivity contribution is 0.451. The van der Waals surface area contributed by atoms with Crippen LogP contribution in [0, 0.1) is 0 Å². The summed E-state index contributed by atoms with van der Waals surface area (Å²) in [5, 5.41) is 0. The highest BCUT2D eigenvalue weighted by Gasteiger charge is 2.07. The number of hydrogen-bond donors (Lipinski definition) is 1. The minimum atomic E-state index is -0.799. The van der Waals surface area contributed by atoms with Crippen LogP contribution in [-0.2, 0) is 20.0 Å². The summed E-state index contributed by atoms with van der Waals surface area (Å²) in [7, 11) is 0. The van der Waals surface area contributed by atoms with E-state index in [0.717, 1.165) is 0 Å². The Morgan fingerprint density at radius 1 is 0.846 bits per heavy atom. The number of anilines is 1. The Kier molecular flexibility index (Phi) is 3.17. The van der Waals surface area contributed by atoms with E-state index in [-0.39, 0.29) is 22.4 Å². The van der Waals surface area contributed by atoms with Crippen molar-refractivity contribution in [2.75, 3.05) is 5.73 Å². The van der Waals surface area contributed by atoms with Gasteiger partial charge < -0.3 is 5.73 Å². The van der Waals surface area contributed by atoms with E-state index in [2.05, 4.69) is 0 Å². The van der Waals surface area contributed by atoms with Gasteiger partial charge in [-0.15, -0.1) is 0 Å². The van der Waals surface area contributed by atoms with Crippen LogP contribution in [0.4, 0.5) is 18.9 Å². The number of rotatable bonds is 3. The summed E-state index contributed by atoms with van der Waals surface area (Å²) in [5.41, 5.74) is 6.15. The maximum absolute atomic E-state index is 12.3. The van der Waals surface area contributed by atoms with Crippen LogP contribution in [0.2, 0.25) is 0 Å². The number of nitrogens with two attached hydrogens (primary N) is 1. The number of halogens is 3. The Hall–Kier alpha value is -1.19. The highest BCUT2D eigenvalue weighted by molar-refractivity contribution is 5.51. The number of nitrogen functional groups attached to an aromatic ring is 1. The van der Waals surface area contributed by atoms with Crippen LogP contribution in [0.3, 0.4) is 0 Å². The van der Waals surface area contributed by atoms with Crippen LogP contribution >= 0.6 is 0 Å². The molecule has 0 fully saturated rings. The van der Waals surface area contributed by atoms with Crippen molar-refractivity contribution in [2.24, 2.45) is 0 Å². The Morgan fingerprint density at radius 3 is 1.77 bits per heavy atom. The molecular formula is C9H10F3N. The Bertz CT molecular complexity index is 299. The molecule has 0 unspecified atom stereocenters. The van der Waals surface area contributed by atoms with Crippen molar-refractivity contribution in [3.63, 3.8) is 0 Å². The molecule has 0 aliphatic heterocycles. The lowest BCUT2D eigenvalue weighted by Crippen LogP contribution is -1.98. The summed E-state index contributed by atoms with van der Waals surface area (Å²) in [6.07, 6.45) is 0. The van der Waals surface area contributed by atoms with Gasteiger partial charge >= 0.3 is 0 Å². The second-order valence-electron chi connectivity index (χ2n) is 2.72. The zero-order chi connectivity index (χ0) is 9.84. The van der Waals surface area contributed by atoms with Gasteiger partial charge in [0.2, 0.25) is 0 Å². The van der Waals surface area contributed by atoms with E-state index in [0.29, 0.717) is 0 Å². The molecule has 13 heavy (non-hydrogen) atoms. The molecule has 0 aliphatic rings. The Morgan fingerprint density at radius 2 is 1.31 bits per heavy atom. The minimum absolute atomic E-state index is 0.171. The Balaban J connectivity index is 3.18. The number of alkyl halides is 3. The predicted molar refractivity (Wildman–Crippen MR) is 45.3 cm³/mol. The molecule has 0 aliphatic carbocycles. The molecule has 4 heteroatoms. The van der Waals surface area contributed by atoms with Gasteiger partial charge in [-0.2, -0.15) is 0 Å². The van der Waals surface area contributed by atoms with E-state index >= 15 is 0 Å². The topological polar surface area (TPSA) is 26.0 Å². The van der Waals surface area contributed by atoms with Crippen molar-refractivity contribution in [3.8, 4) is 0 Å². The fourth-order valence-corrected chi connectivity index (χ4v) is 1.12. The molecule has 1 aromatic carbocycles. The largest absolute Gasteiger partial charge is 0.398 e. The van der Waals surface area contributed by atoms with Crippen LogP contribution in [-0.4, -0.2) is 0 Å². The van der Waals surface area contributed by atoms with Crippen molar-refractivity contribution in [3.05, 3.63) is 28.8 Å². The fourth-order valence-electron chi connectivity index (χ4n) is 1.12. The van der Waals surface area contributed by atoms with Crippen LogP contribution in [0.1, 0.15) is 16.7 Å². The molecule has 0 amide bonds. The lowest BCUT2D eigenvalue weighted by atomic mass is 10.0. The van der Waals surface area contributed by atoms with Gasteiger partial charge in [-0.3, -0.25) is 0 Å². The number of hydrogen-bond acceptors (Lipinski definition) is 1. The first-order chi connectivity index (χ1) is 6.22. The van der Waals surface area contributed by atoms with Crippen LogP contribution in [0.25, 0.3) is 0 Å². The molecule has 0 radical (unpaired) electrons. The fraction of sp³-hybridized carbons (Fsp3) is 0.333. The summed E-state index contributed by atoms with van der Waals surface area (Å²) in [6, 6.07) is 2.55. The molecule has 0 bridgehead atoms. The molecule has 0 atom stereocenters. The van der Waals surface area contributed by atoms with Gasteiger partial charge in [0.1, 0.15) is 20.0 Å². The van der Waals surface area contributed by atoms with Crippen molar-refractivity contribution < 1.29 is 13.2 Å². The highest BCUT2D eigenvalue weighted by atomic mass is 19.1. The molecule has 2 N–H and O–H groups in total. The third-order valence-corrected chi connectivity index (χ3v) is 1.89. The molecule has 1 rings (SSSR count). The van der Waals surface area contributed by atoms with Gasteiger partial charge in [0, 0.05) is 11.3 Å². The standard InChI is InChI=1S/C9H10F3N/c10-3-6-1-8(5-12)9(13)2-7(6)4-11/h1-2H,3-5,13H2. The van der Waals surface area contributed by atoms with E-state index < -0.39 is 20.0 Å². The van der Waals surface area contributed by atoms with Crippen molar-refractivity contribution in [1.29, 1.82) is 0 Å². The van der Waals surface area contributed by atoms with Crippen molar-refractivity contribution in [2.45, 2.75) is 20.0 Å². The molecule has 0 heterocycles. The summed E-state index contributed by atoms with van der Waals surface area (Å²) in [4.78, 5) is 0. The minimum Gasteiger partial charge on any atom is -0.398 e. The van der Waals surface area contributed by atoms with Gasteiger partial charge in [-0.1, -0.05) is 0 Å². The SMILES string of the molecule is Nc1cc(CF)c(CF)cc1CF. The Labute approximate surface area is 74.4 Å². The lowest BCUT2D eigenvalue weighted by Gasteiger charge is -2.07. The van der Waals surface area contributed by atoms with Crippen LogP contribution in [0.5, 0.6) is 0 Å². The molecule has 0 aromatic heterocycles. The molecule has 0 saturated carbocycles. The van der Waals surface area contributed by atoms with E-state index in [1.165, 1.54) is 12.1 Å². The van der Waals surface area contributed by atoms with Gasteiger partial charge in [-0.25, -0.2) is 13.2 Å². The first-order valence-corrected chi connectivity index (χ1v) is 3.81. The van der Waals surface area contributed by atoms with Crippen molar-refractivity contribution in [1.82, 2.24) is 0 Å². The molecule has 0 spiro atoms. The van der Waals surface area contributed by atoms with E-state index in [9.17, 15) is 13.2 Å². The van der Waals surface area contributed by atoms with Crippen LogP contribution in [0.15, 0.2) is 12.1 Å². The highest BCUT2D eigenvalue weighted by Crippen LogP contribution is 2.21. The molecule has 1 aromatic rings. The molecule has 0 saturated heterocycles.